The maximum Gasteiger partial charge on any atom is 0.251 e. The predicted molar refractivity (Wildman–Crippen MR) is 110 cm³/mol. The Hall–Kier alpha value is -3.73. The standard InChI is InChI=1S/C23H19N3O2/c1-17-8-11-19(12-9-17)26(16-20-5-4-14-28-20)23(27)13-10-18-15-24-21-6-2-3-7-22(21)25-18/h2-15H,16H2,1H3/b13-10+. The number of fused-ring (bicyclic) bond motifs is 1. The van der Waals surface area contributed by atoms with Crippen molar-refractivity contribution in [2.24, 2.45) is 0 Å². The van der Waals surface area contributed by atoms with Gasteiger partial charge < -0.3 is 9.32 Å². The summed E-state index contributed by atoms with van der Waals surface area (Å²) in [4.78, 5) is 23.5. The number of rotatable bonds is 5. The molecule has 0 unspecified atom stereocenters. The molecule has 2 aromatic carbocycles. The van der Waals surface area contributed by atoms with Crippen LogP contribution in [-0.4, -0.2) is 15.9 Å². The largest absolute Gasteiger partial charge is 0.467 e. The van der Waals surface area contributed by atoms with Crippen LogP contribution in [0.25, 0.3) is 17.1 Å². The van der Waals surface area contributed by atoms with Crippen LogP contribution in [0.1, 0.15) is 17.0 Å². The first kappa shape index (κ1) is 17.7. The van der Waals surface area contributed by atoms with Gasteiger partial charge in [-0.1, -0.05) is 29.8 Å². The average Bonchev–Trinajstić information content (AvgIpc) is 3.24. The molecule has 0 aliphatic carbocycles. The summed E-state index contributed by atoms with van der Waals surface area (Å²) in [5.74, 6) is 0.558. The van der Waals surface area contributed by atoms with Crippen molar-refractivity contribution in [2.45, 2.75) is 13.5 Å². The number of carbonyl (C=O) groups excluding carboxylic acids is 1. The van der Waals surface area contributed by atoms with E-state index in [9.17, 15) is 4.79 Å². The van der Waals surface area contributed by atoms with Crippen LogP contribution in [-0.2, 0) is 11.3 Å². The smallest absolute Gasteiger partial charge is 0.251 e. The molecule has 0 atom stereocenters. The molecule has 4 rings (SSSR count). The summed E-state index contributed by atoms with van der Waals surface area (Å²) < 4.78 is 5.43. The minimum absolute atomic E-state index is 0.157. The zero-order chi connectivity index (χ0) is 19.3. The third kappa shape index (κ3) is 3.99. The van der Waals surface area contributed by atoms with Crippen LogP contribution >= 0.6 is 0 Å². The molecule has 138 valence electrons. The van der Waals surface area contributed by atoms with E-state index in [1.165, 1.54) is 6.08 Å². The quantitative estimate of drug-likeness (QED) is 0.475. The number of benzene rings is 2. The molecule has 0 N–H and O–H groups in total. The van der Waals surface area contributed by atoms with Gasteiger partial charge in [0.1, 0.15) is 5.76 Å². The molecule has 0 aliphatic rings. The van der Waals surface area contributed by atoms with Gasteiger partial charge in [0.25, 0.3) is 5.91 Å². The number of furan rings is 1. The van der Waals surface area contributed by atoms with Crippen LogP contribution in [0.3, 0.4) is 0 Å². The van der Waals surface area contributed by atoms with Gasteiger partial charge in [0.05, 0.1) is 35.7 Å². The maximum atomic E-state index is 12.9. The Morgan fingerprint density at radius 1 is 1.04 bits per heavy atom. The summed E-state index contributed by atoms with van der Waals surface area (Å²) in [5.41, 5.74) is 4.19. The van der Waals surface area contributed by atoms with Gasteiger partial charge in [0, 0.05) is 11.8 Å². The van der Waals surface area contributed by atoms with Crippen molar-refractivity contribution in [3.05, 3.63) is 96.2 Å². The number of aryl methyl sites for hydroxylation is 1. The highest BCUT2D eigenvalue weighted by molar-refractivity contribution is 6.03. The maximum absolute atomic E-state index is 12.9. The fourth-order valence-electron chi connectivity index (χ4n) is 2.88. The monoisotopic (exact) mass is 369 g/mol. The van der Waals surface area contributed by atoms with E-state index in [0.717, 1.165) is 22.3 Å². The van der Waals surface area contributed by atoms with E-state index in [2.05, 4.69) is 9.97 Å². The van der Waals surface area contributed by atoms with Crippen LogP contribution < -0.4 is 4.90 Å². The minimum atomic E-state index is -0.157. The topological polar surface area (TPSA) is 59.2 Å². The summed E-state index contributed by atoms with van der Waals surface area (Å²) in [6.45, 7) is 2.36. The fourth-order valence-corrected chi connectivity index (χ4v) is 2.88. The molecule has 2 aromatic heterocycles. The summed E-state index contributed by atoms with van der Waals surface area (Å²) >= 11 is 0. The minimum Gasteiger partial charge on any atom is -0.467 e. The molecule has 1 amide bonds. The Morgan fingerprint density at radius 3 is 2.57 bits per heavy atom. The van der Waals surface area contributed by atoms with Crippen molar-refractivity contribution >= 4 is 28.7 Å². The zero-order valence-electron chi connectivity index (χ0n) is 15.4. The van der Waals surface area contributed by atoms with E-state index in [0.29, 0.717) is 18.0 Å². The SMILES string of the molecule is Cc1ccc(N(Cc2ccco2)C(=O)/C=C/c2cnc3ccccc3n2)cc1. The van der Waals surface area contributed by atoms with Gasteiger partial charge in [-0.15, -0.1) is 0 Å². The number of amides is 1. The van der Waals surface area contributed by atoms with Crippen molar-refractivity contribution in [3.63, 3.8) is 0 Å². The van der Waals surface area contributed by atoms with E-state index in [-0.39, 0.29) is 5.91 Å². The Kier molecular flexibility index (Phi) is 4.97. The lowest BCUT2D eigenvalue weighted by Crippen LogP contribution is -2.28. The van der Waals surface area contributed by atoms with Gasteiger partial charge in [-0.05, 0) is 49.4 Å². The van der Waals surface area contributed by atoms with Gasteiger partial charge in [-0.25, -0.2) is 4.98 Å². The summed E-state index contributed by atoms with van der Waals surface area (Å²) in [6, 6.07) is 19.1. The van der Waals surface area contributed by atoms with E-state index in [4.69, 9.17) is 4.42 Å². The fraction of sp³-hybridized carbons (Fsp3) is 0.0870. The van der Waals surface area contributed by atoms with Crippen molar-refractivity contribution < 1.29 is 9.21 Å². The van der Waals surface area contributed by atoms with Gasteiger partial charge >= 0.3 is 0 Å². The number of hydrogen-bond acceptors (Lipinski definition) is 4. The Balaban J connectivity index is 1.60. The normalized spacial score (nSPS) is 11.2. The van der Waals surface area contributed by atoms with E-state index < -0.39 is 0 Å². The summed E-state index contributed by atoms with van der Waals surface area (Å²) in [5, 5.41) is 0. The lowest BCUT2D eigenvalue weighted by atomic mass is 10.2. The first-order valence-corrected chi connectivity index (χ1v) is 8.99. The van der Waals surface area contributed by atoms with Crippen molar-refractivity contribution in [1.82, 2.24) is 9.97 Å². The molecule has 0 radical (unpaired) electrons. The first-order chi connectivity index (χ1) is 13.7. The number of aromatic nitrogens is 2. The molecular formula is C23H19N3O2. The number of nitrogens with zero attached hydrogens (tertiary/aromatic N) is 3. The van der Waals surface area contributed by atoms with Gasteiger partial charge in [0.2, 0.25) is 0 Å². The third-order valence-corrected chi connectivity index (χ3v) is 4.37. The Labute approximate surface area is 163 Å². The second kappa shape index (κ2) is 7.88. The molecule has 0 saturated carbocycles. The van der Waals surface area contributed by atoms with Crippen molar-refractivity contribution in [3.8, 4) is 0 Å². The molecule has 0 fully saturated rings. The lowest BCUT2D eigenvalue weighted by Gasteiger charge is -2.20. The second-order valence-electron chi connectivity index (χ2n) is 6.46. The molecule has 0 bridgehead atoms. The highest BCUT2D eigenvalue weighted by atomic mass is 16.3. The first-order valence-electron chi connectivity index (χ1n) is 8.99. The van der Waals surface area contributed by atoms with Crippen LogP contribution in [0.5, 0.6) is 0 Å². The van der Waals surface area contributed by atoms with E-state index in [1.807, 2.05) is 67.6 Å². The number of anilines is 1. The van der Waals surface area contributed by atoms with Gasteiger partial charge in [-0.2, -0.15) is 0 Å². The highest BCUT2D eigenvalue weighted by Crippen LogP contribution is 2.19. The highest BCUT2D eigenvalue weighted by Gasteiger charge is 2.15. The van der Waals surface area contributed by atoms with E-state index >= 15 is 0 Å². The van der Waals surface area contributed by atoms with Gasteiger partial charge in [-0.3, -0.25) is 9.78 Å². The third-order valence-electron chi connectivity index (χ3n) is 4.37. The molecule has 0 aliphatic heterocycles. The Morgan fingerprint density at radius 2 is 1.82 bits per heavy atom. The zero-order valence-corrected chi connectivity index (χ0v) is 15.4. The lowest BCUT2D eigenvalue weighted by molar-refractivity contribution is -0.114. The molecule has 28 heavy (non-hydrogen) atoms. The summed E-state index contributed by atoms with van der Waals surface area (Å²) in [7, 11) is 0. The van der Waals surface area contributed by atoms with Crippen LogP contribution in [0.2, 0.25) is 0 Å². The molecule has 0 spiro atoms. The molecule has 4 aromatic rings. The molecule has 5 heteroatoms. The Bertz CT molecular complexity index is 1120. The van der Waals surface area contributed by atoms with Crippen molar-refractivity contribution in [2.75, 3.05) is 4.90 Å². The molecular weight excluding hydrogens is 350 g/mol. The number of para-hydroxylation sites is 2. The molecule has 2 heterocycles. The number of carbonyl (C=O) groups is 1. The van der Waals surface area contributed by atoms with Gasteiger partial charge in [0.15, 0.2) is 0 Å². The van der Waals surface area contributed by atoms with E-state index in [1.54, 1.807) is 23.4 Å². The summed E-state index contributed by atoms with van der Waals surface area (Å²) in [6.07, 6.45) is 6.47. The van der Waals surface area contributed by atoms with Crippen LogP contribution in [0.4, 0.5) is 5.69 Å². The van der Waals surface area contributed by atoms with Crippen LogP contribution in [0, 0.1) is 6.92 Å². The second-order valence-corrected chi connectivity index (χ2v) is 6.46. The average molecular weight is 369 g/mol. The predicted octanol–water partition coefficient (Wildman–Crippen LogP) is 4.78. The molecule has 5 nitrogen and oxygen atoms in total. The molecule has 0 saturated heterocycles. The van der Waals surface area contributed by atoms with Crippen molar-refractivity contribution in [1.29, 1.82) is 0 Å². The van der Waals surface area contributed by atoms with Crippen LogP contribution in [0.15, 0.2) is 83.6 Å². The number of hydrogen-bond donors (Lipinski definition) is 0.